The highest BCUT2D eigenvalue weighted by molar-refractivity contribution is 7.21. The Balaban J connectivity index is 1.71. The molecule has 2 aromatic heterocycles. The van der Waals surface area contributed by atoms with Crippen LogP contribution in [0, 0.1) is 0 Å². The number of amides is 1. The lowest BCUT2D eigenvalue weighted by molar-refractivity contribution is -0.116. The van der Waals surface area contributed by atoms with Crippen molar-refractivity contribution in [2.75, 3.05) is 0 Å². The van der Waals surface area contributed by atoms with Crippen molar-refractivity contribution in [3.8, 4) is 10.8 Å². The molecule has 0 fully saturated rings. The Kier molecular flexibility index (Phi) is 2.90. The molecule has 1 aromatic carbocycles. The van der Waals surface area contributed by atoms with Gasteiger partial charge in [0.25, 0.3) is 5.91 Å². The summed E-state index contributed by atoms with van der Waals surface area (Å²) < 4.78 is 6.91. The summed E-state index contributed by atoms with van der Waals surface area (Å²) in [5.74, 6) is 1.09. The molecule has 108 valence electrons. The van der Waals surface area contributed by atoms with Crippen LogP contribution in [0.5, 0.6) is 0 Å². The van der Waals surface area contributed by atoms with Crippen LogP contribution in [-0.4, -0.2) is 16.6 Å². The largest absolute Gasteiger partial charge is 0.454 e. The standard InChI is InChI=1S/C16H11N3O2S/c1-9-11(15(20)19-18-9)8-10-6-7-13(21-10)16-17-12-4-2-3-5-14(12)22-16/h2-8H,1H3,(H,19,20)/b11-8-. The van der Waals surface area contributed by atoms with Crippen LogP contribution < -0.4 is 5.43 Å². The third kappa shape index (κ3) is 2.14. The summed E-state index contributed by atoms with van der Waals surface area (Å²) >= 11 is 1.58. The maximum Gasteiger partial charge on any atom is 0.273 e. The Hall–Kier alpha value is -2.73. The third-order valence-electron chi connectivity index (χ3n) is 3.38. The van der Waals surface area contributed by atoms with E-state index in [9.17, 15) is 4.79 Å². The van der Waals surface area contributed by atoms with E-state index in [4.69, 9.17) is 4.42 Å². The van der Waals surface area contributed by atoms with Crippen LogP contribution in [0.25, 0.3) is 27.1 Å². The smallest absolute Gasteiger partial charge is 0.273 e. The summed E-state index contributed by atoms with van der Waals surface area (Å²) in [6.07, 6.45) is 1.69. The highest BCUT2D eigenvalue weighted by Crippen LogP contribution is 2.31. The molecule has 6 heteroatoms. The minimum Gasteiger partial charge on any atom is -0.454 e. The van der Waals surface area contributed by atoms with Gasteiger partial charge in [0.05, 0.1) is 21.5 Å². The first-order valence-corrected chi connectivity index (χ1v) is 7.55. The number of nitrogens with one attached hydrogen (secondary N) is 1. The molecule has 1 amide bonds. The van der Waals surface area contributed by atoms with Gasteiger partial charge >= 0.3 is 0 Å². The number of thiazole rings is 1. The number of carbonyl (C=O) groups is 1. The lowest BCUT2D eigenvalue weighted by Crippen LogP contribution is -2.12. The second-order valence-electron chi connectivity index (χ2n) is 4.88. The van der Waals surface area contributed by atoms with Crippen molar-refractivity contribution < 1.29 is 9.21 Å². The normalized spacial score (nSPS) is 16.3. The van der Waals surface area contributed by atoms with Gasteiger partial charge in [0.1, 0.15) is 5.76 Å². The highest BCUT2D eigenvalue weighted by atomic mass is 32.1. The zero-order valence-corrected chi connectivity index (χ0v) is 12.5. The number of para-hydroxylation sites is 1. The van der Waals surface area contributed by atoms with Crippen molar-refractivity contribution in [2.45, 2.75) is 6.92 Å². The summed E-state index contributed by atoms with van der Waals surface area (Å²) in [5.41, 5.74) is 4.55. The predicted molar refractivity (Wildman–Crippen MR) is 86.6 cm³/mol. The topological polar surface area (TPSA) is 67.5 Å². The van der Waals surface area contributed by atoms with E-state index in [1.54, 1.807) is 24.3 Å². The van der Waals surface area contributed by atoms with Gasteiger partial charge in [-0.15, -0.1) is 11.3 Å². The molecular formula is C16H11N3O2S. The van der Waals surface area contributed by atoms with E-state index in [2.05, 4.69) is 15.5 Å². The molecule has 0 saturated carbocycles. The summed E-state index contributed by atoms with van der Waals surface area (Å²) in [5, 5.41) is 4.71. The minimum atomic E-state index is -0.213. The van der Waals surface area contributed by atoms with Crippen molar-refractivity contribution in [1.82, 2.24) is 10.4 Å². The Morgan fingerprint density at radius 3 is 2.86 bits per heavy atom. The van der Waals surface area contributed by atoms with Gasteiger partial charge in [0, 0.05) is 0 Å². The van der Waals surface area contributed by atoms with Crippen LogP contribution in [0.15, 0.2) is 51.5 Å². The Morgan fingerprint density at radius 2 is 2.09 bits per heavy atom. The molecule has 0 spiro atoms. The monoisotopic (exact) mass is 309 g/mol. The van der Waals surface area contributed by atoms with Crippen molar-refractivity contribution >= 4 is 39.2 Å². The number of nitrogens with zero attached hydrogens (tertiary/aromatic N) is 2. The van der Waals surface area contributed by atoms with Gasteiger partial charge in [-0.2, -0.15) is 5.10 Å². The SMILES string of the molecule is CC1=NNC(=O)/C1=C\c1ccc(-c2nc3ccccc3s2)o1. The number of rotatable bonds is 2. The van der Waals surface area contributed by atoms with Crippen LogP contribution >= 0.6 is 11.3 Å². The average molecular weight is 309 g/mol. The number of fused-ring (bicyclic) bond motifs is 1. The fourth-order valence-electron chi connectivity index (χ4n) is 2.25. The molecule has 0 bridgehead atoms. The van der Waals surface area contributed by atoms with E-state index in [1.165, 1.54) is 0 Å². The quantitative estimate of drug-likeness (QED) is 0.737. The van der Waals surface area contributed by atoms with Crippen LogP contribution in [0.4, 0.5) is 0 Å². The number of hydrogen-bond donors (Lipinski definition) is 1. The van der Waals surface area contributed by atoms with Crippen molar-refractivity contribution in [2.24, 2.45) is 5.10 Å². The molecule has 22 heavy (non-hydrogen) atoms. The molecule has 0 atom stereocenters. The third-order valence-corrected chi connectivity index (χ3v) is 4.43. The maximum atomic E-state index is 11.6. The van der Waals surface area contributed by atoms with Gasteiger partial charge in [-0.05, 0) is 37.3 Å². The van der Waals surface area contributed by atoms with Gasteiger partial charge in [-0.1, -0.05) is 12.1 Å². The van der Waals surface area contributed by atoms with Gasteiger partial charge in [-0.25, -0.2) is 10.4 Å². The molecule has 4 rings (SSSR count). The summed E-state index contributed by atoms with van der Waals surface area (Å²) in [7, 11) is 0. The second-order valence-corrected chi connectivity index (χ2v) is 5.92. The first-order valence-electron chi connectivity index (χ1n) is 6.73. The van der Waals surface area contributed by atoms with Gasteiger partial charge in [0.15, 0.2) is 10.8 Å². The first kappa shape index (κ1) is 13.0. The van der Waals surface area contributed by atoms with Gasteiger partial charge < -0.3 is 4.42 Å². The number of benzene rings is 1. The molecule has 1 aliphatic heterocycles. The molecule has 0 saturated heterocycles. The van der Waals surface area contributed by atoms with Crippen LogP contribution in [-0.2, 0) is 4.79 Å². The first-order chi connectivity index (χ1) is 10.7. The maximum absolute atomic E-state index is 11.6. The molecule has 0 aliphatic carbocycles. The summed E-state index contributed by atoms with van der Waals surface area (Å²) in [6.45, 7) is 1.78. The zero-order chi connectivity index (χ0) is 15.1. The molecule has 5 nitrogen and oxygen atoms in total. The van der Waals surface area contributed by atoms with E-state index in [-0.39, 0.29) is 5.91 Å². The second kappa shape index (κ2) is 4.92. The van der Waals surface area contributed by atoms with Crippen LogP contribution in [0.3, 0.4) is 0 Å². The fourth-order valence-corrected chi connectivity index (χ4v) is 3.18. The Bertz CT molecular complexity index is 916. The molecule has 3 aromatic rings. The molecule has 3 heterocycles. The number of furan rings is 1. The summed E-state index contributed by atoms with van der Waals surface area (Å²) in [4.78, 5) is 16.2. The van der Waals surface area contributed by atoms with E-state index in [1.807, 2.05) is 36.4 Å². The van der Waals surface area contributed by atoms with Gasteiger partial charge in [0.2, 0.25) is 0 Å². The molecule has 1 aliphatic rings. The molecule has 1 N–H and O–H groups in total. The Labute approximate surface area is 130 Å². The highest BCUT2D eigenvalue weighted by Gasteiger charge is 2.19. The number of hydrazone groups is 1. The van der Waals surface area contributed by atoms with E-state index >= 15 is 0 Å². The van der Waals surface area contributed by atoms with Crippen molar-refractivity contribution in [1.29, 1.82) is 0 Å². The number of carbonyl (C=O) groups excluding carboxylic acids is 1. The molecule has 0 unspecified atom stereocenters. The Morgan fingerprint density at radius 1 is 1.23 bits per heavy atom. The fraction of sp³-hybridized carbons (Fsp3) is 0.0625. The lowest BCUT2D eigenvalue weighted by atomic mass is 10.1. The van der Waals surface area contributed by atoms with Crippen molar-refractivity contribution in [3.63, 3.8) is 0 Å². The molecular weight excluding hydrogens is 298 g/mol. The predicted octanol–water partition coefficient (Wildman–Crippen LogP) is 3.45. The van der Waals surface area contributed by atoms with Crippen molar-refractivity contribution in [3.05, 3.63) is 47.7 Å². The number of hydrogen-bond acceptors (Lipinski definition) is 5. The zero-order valence-electron chi connectivity index (χ0n) is 11.7. The van der Waals surface area contributed by atoms with Gasteiger partial charge in [-0.3, -0.25) is 4.79 Å². The van der Waals surface area contributed by atoms with E-state index in [0.717, 1.165) is 15.2 Å². The number of aromatic nitrogens is 1. The average Bonchev–Trinajstić information content (AvgIpc) is 3.21. The lowest BCUT2D eigenvalue weighted by Gasteiger charge is -1.93. The van der Waals surface area contributed by atoms with Crippen LogP contribution in [0.2, 0.25) is 0 Å². The minimum absolute atomic E-state index is 0.213. The van der Waals surface area contributed by atoms with E-state index in [0.29, 0.717) is 22.8 Å². The summed E-state index contributed by atoms with van der Waals surface area (Å²) in [6, 6.07) is 11.7. The van der Waals surface area contributed by atoms with Crippen LogP contribution in [0.1, 0.15) is 12.7 Å². The molecule has 0 radical (unpaired) electrons. The van der Waals surface area contributed by atoms with E-state index < -0.39 is 0 Å².